The molecule has 1 fully saturated rings. The molecule has 32 heavy (non-hydrogen) atoms. The molecule has 10 nitrogen and oxygen atoms in total. The maximum absolute atomic E-state index is 13.1. The summed E-state index contributed by atoms with van der Waals surface area (Å²) in [5.41, 5.74) is 2.13. The van der Waals surface area contributed by atoms with Gasteiger partial charge >= 0.3 is 0 Å². The SMILES string of the molecule is CN(C)[C@@H]1C(=O)C(C(N)=O)C(=O)C2(O)C(O)c3c(c(O)c4c(Cl)ccc(O)c4c3O)CC12. The Hall–Kier alpha value is -2.92. The number of phenols is 3. The summed E-state index contributed by atoms with van der Waals surface area (Å²) >= 11 is 6.17. The van der Waals surface area contributed by atoms with E-state index < -0.39 is 69.9 Å². The van der Waals surface area contributed by atoms with Crippen LogP contribution in [0.5, 0.6) is 17.2 Å². The Morgan fingerprint density at radius 3 is 2.34 bits per heavy atom. The summed E-state index contributed by atoms with van der Waals surface area (Å²) in [6.07, 6.45) is -2.47. The van der Waals surface area contributed by atoms with Gasteiger partial charge in [-0.05, 0) is 32.6 Å². The van der Waals surface area contributed by atoms with Gasteiger partial charge in [0.1, 0.15) is 23.4 Å². The van der Waals surface area contributed by atoms with Crippen LogP contribution in [0.15, 0.2) is 12.1 Å². The monoisotopic (exact) mass is 464 g/mol. The minimum absolute atomic E-state index is 0.00234. The number of hydrogen-bond acceptors (Lipinski definition) is 9. The molecule has 0 heterocycles. The van der Waals surface area contributed by atoms with Crippen LogP contribution in [0.4, 0.5) is 0 Å². The number of Topliss-reactive ketones (excluding diaryl/α,β-unsaturated/α-hetero) is 2. The van der Waals surface area contributed by atoms with E-state index in [1.54, 1.807) is 0 Å². The molecule has 4 unspecified atom stereocenters. The predicted molar refractivity (Wildman–Crippen MR) is 111 cm³/mol. The highest BCUT2D eigenvalue weighted by atomic mass is 35.5. The van der Waals surface area contributed by atoms with Gasteiger partial charge in [0.05, 0.1) is 16.5 Å². The van der Waals surface area contributed by atoms with E-state index in [0.717, 1.165) is 0 Å². The molecule has 2 aliphatic carbocycles. The van der Waals surface area contributed by atoms with Gasteiger partial charge in [0, 0.05) is 22.4 Å². The van der Waals surface area contributed by atoms with Gasteiger partial charge in [0.25, 0.3) is 0 Å². The van der Waals surface area contributed by atoms with Gasteiger partial charge in [0.2, 0.25) is 5.91 Å². The number of nitrogens with two attached hydrogens (primary N) is 1. The predicted octanol–water partition coefficient (Wildman–Crippen LogP) is -0.270. The van der Waals surface area contributed by atoms with Crippen molar-refractivity contribution in [3.8, 4) is 17.2 Å². The standard InChI is InChI=1S/C21H21ClN2O8/c1-24(2)14-7-5-6-10(16(27)12-9(25)4-3-8(22)11(12)15(6)26)18(29)21(7,32)19(30)13(17(14)28)20(23)31/h3-4,7,13-14,18,25-27,29,32H,5H2,1-2H3,(H2,23,31)/t7?,13?,14-,18?,21?/m0/s1. The molecule has 0 radical (unpaired) electrons. The zero-order valence-corrected chi connectivity index (χ0v) is 17.8. The molecule has 0 spiro atoms. The summed E-state index contributed by atoms with van der Waals surface area (Å²) < 4.78 is 0. The highest BCUT2D eigenvalue weighted by Crippen LogP contribution is 2.56. The van der Waals surface area contributed by atoms with E-state index in [2.05, 4.69) is 0 Å². The molecule has 0 saturated heterocycles. The van der Waals surface area contributed by atoms with Gasteiger partial charge in [-0.2, -0.15) is 0 Å². The number of likely N-dealkylation sites (N-methyl/N-ethyl adjacent to an activating group) is 1. The first-order valence-corrected chi connectivity index (χ1v) is 10.0. The first-order chi connectivity index (χ1) is 14.8. The number of rotatable bonds is 2. The van der Waals surface area contributed by atoms with Crippen LogP contribution in [-0.4, -0.2) is 73.6 Å². The van der Waals surface area contributed by atoms with E-state index in [1.807, 2.05) is 0 Å². The van der Waals surface area contributed by atoms with Gasteiger partial charge in [-0.1, -0.05) is 11.6 Å². The van der Waals surface area contributed by atoms with Gasteiger partial charge in [-0.25, -0.2) is 0 Å². The second kappa shape index (κ2) is 7.04. The summed E-state index contributed by atoms with van der Waals surface area (Å²) in [6.45, 7) is 0. The number of hydrogen-bond donors (Lipinski definition) is 6. The smallest absolute Gasteiger partial charge is 0.235 e. The number of fused-ring (bicyclic) bond motifs is 3. The lowest BCUT2D eigenvalue weighted by Gasteiger charge is -2.51. The van der Waals surface area contributed by atoms with E-state index in [1.165, 1.54) is 31.1 Å². The average Bonchev–Trinajstić information content (AvgIpc) is 2.69. The van der Waals surface area contributed by atoms with Crippen molar-refractivity contribution in [2.45, 2.75) is 24.2 Å². The third kappa shape index (κ3) is 2.61. The first kappa shape index (κ1) is 22.3. The molecule has 0 aromatic heterocycles. The van der Waals surface area contributed by atoms with Crippen LogP contribution >= 0.6 is 11.6 Å². The lowest BCUT2D eigenvalue weighted by atomic mass is 9.57. The van der Waals surface area contributed by atoms with Gasteiger partial charge in [-0.15, -0.1) is 0 Å². The third-order valence-corrected chi connectivity index (χ3v) is 6.92. The van der Waals surface area contributed by atoms with Crippen molar-refractivity contribution in [1.82, 2.24) is 4.90 Å². The summed E-state index contributed by atoms with van der Waals surface area (Å²) in [6, 6.07) is 1.25. The summed E-state index contributed by atoms with van der Waals surface area (Å²) in [7, 11) is 2.98. The number of carbonyl (C=O) groups excluding carboxylic acids is 3. The van der Waals surface area contributed by atoms with Gasteiger partial charge in [0.15, 0.2) is 23.1 Å². The zero-order chi connectivity index (χ0) is 23.9. The number of halogens is 1. The van der Waals surface area contributed by atoms with Crippen LogP contribution in [-0.2, 0) is 20.8 Å². The lowest BCUT2D eigenvalue weighted by Crippen LogP contribution is -2.70. The highest BCUT2D eigenvalue weighted by Gasteiger charge is 2.66. The van der Waals surface area contributed by atoms with Crippen LogP contribution in [0.2, 0.25) is 5.02 Å². The van der Waals surface area contributed by atoms with Crippen molar-refractivity contribution in [2.75, 3.05) is 14.1 Å². The van der Waals surface area contributed by atoms with E-state index in [-0.39, 0.29) is 27.8 Å². The van der Waals surface area contributed by atoms with E-state index in [0.29, 0.717) is 0 Å². The summed E-state index contributed by atoms with van der Waals surface area (Å²) in [4.78, 5) is 39.4. The number of aliphatic hydroxyl groups excluding tert-OH is 1. The molecule has 2 aromatic carbocycles. The molecule has 0 bridgehead atoms. The van der Waals surface area contributed by atoms with Crippen molar-refractivity contribution in [2.24, 2.45) is 17.6 Å². The topological polar surface area (TPSA) is 182 Å². The molecule has 0 aliphatic heterocycles. The third-order valence-electron chi connectivity index (χ3n) is 6.61. The second-order valence-electron chi connectivity index (χ2n) is 8.45. The Balaban J connectivity index is 2.07. The van der Waals surface area contributed by atoms with Crippen molar-refractivity contribution in [3.05, 3.63) is 28.3 Å². The number of amides is 1. The van der Waals surface area contributed by atoms with Crippen LogP contribution in [0.25, 0.3) is 10.8 Å². The van der Waals surface area contributed by atoms with E-state index in [4.69, 9.17) is 17.3 Å². The fourth-order valence-electron chi connectivity index (χ4n) is 5.18. The molecule has 170 valence electrons. The number of nitrogens with zero attached hydrogens (tertiary/aromatic N) is 1. The van der Waals surface area contributed by atoms with E-state index in [9.17, 15) is 39.9 Å². The molecule has 7 N–H and O–H groups in total. The fourth-order valence-corrected chi connectivity index (χ4v) is 5.42. The quantitative estimate of drug-likeness (QED) is 0.257. The van der Waals surface area contributed by atoms with Crippen LogP contribution in [0.3, 0.4) is 0 Å². The Kier molecular flexibility index (Phi) is 4.90. The largest absolute Gasteiger partial charge is 0.507 e. The molecule has 4 rings (SSSR count). The maximum atomic E-state index is 13.1. The molecular formula is C21H21ClN2O8. The number of aromatic hydroxyl groups is 3. The molecule has 5 atom stereocenters. The van der Waals surface area contributed by atoms with Crippen molar-refractivity contribution >= 4 is 39.8 Å². The maximum Gasteiger partial charge on any atom is 0.235 e. The minimum atomic E-state index is -2.68. The minimum Gasteiger partial charge on any atom is -0.507 e. The Bertz CT molecular complexity index is 1210. The summed E-state index contributed by atoms with van der Waals surface area (Å²) in [5.74, 6) is -8.32. The zero-order valence-electron chi connectivity index (χ0n) is 17.0. The number of aliphatic hydroxyl groups is 2. The Labute approximate surface area is 186 Å². The Morgan fingerprint density at radius 2 is 1.78 bits per heavy atom. The number of benzene rings is 2. The number of primary amides is 1. The van der Waals surface area contributed by atoms with Crippen molar-refractivity contribution < 1.29 is 39.9 Å². The number of phenolic OH excluding ortho intramolecular Hbond substituents is 3. The van der Waals surface area contributed by atoms with Crippen LogP contribution in [0.1, 0.15) is 17.2 Å². The number of ketones is 2. The lowest BCUT2D eigenvalue weighted by molar-refractivity contribution is -0.187. The van der Waals surface area contributed by atoms with Crippen molar-refractivity contribution in [1.29, 1.82) is 0 Å². The first-order valence-electron chi connectivity index (χ1n) is 9.67. The van der Waals surface area contributed by atoms with Crippen LogP contribution < -0.4 is 5.73 Å². The number of carbonyl (C=O) groups is 3. The van der Waals surface area contributed by atoms with E-state index >= 15 is 0 Å². The van der Waals surface area contributed by atoms with Crippen molar-refractivity contribution in [3.63, 3.8) is 0 Å². The van der Waals surface area contributed by atoms with Gasteiger partial charge in [-0.3, -0.25) is 19.3 Å². The normalized spacial score (nSPS) is 29.8. The summed E-state index contributed by atoms with van der Waals surface area (Å²) in [5, 5.41) is 54.4. The molecule has 11 heteroatoms. The highest BCUT2D eigenvalue weighted by molar-refractivity contribution is 6.37. The van der Waals surface area contributed by atoms with Gasteiger partial charge < -0.3 is 31.3 Å². The van der Waals surface area contributed by atoms with Crippen LogP contribution in [0, 0.1) is 11.8 Å². The fraction of sp³-hybridized carbons (Fsp3) is 0.381. The molecule has 1 amide bonds. The average molecular weight is 465 g/mol. The Morgan fingerprint density at radius 1 is 1.16 bits per heavy atom. The molecule has 1 saturated carbocycles. The molecular weight excluding hydrogens is 444 g/mol. The molecule has 2 aromatic rings. The second-order valence-corrected chi connectivity index (χ2v) is 8.86. The molecule has 2 aliphatic rings.